The average Bonchev–Trinajstić information content (AvgIpc) is 2.26. The van der Waals surface area contributed by atoms with Crippen molar-refractivity contribution in [1.29, 1.82) is 0 Å². The second-order valence-electron chi connectivity index (χ2n) is 4.88. The summed E-state index contributed by atoms with van der Waals surface area (Å²) in [4.78, 5) is 2.30. The summed E-state index contributed by atoms with van der Waals surface area (Å²) >= 11 is 0. The summed E-state index contributed by atoms with van der Waals surface area (Å²) in [7, 11) is 2.15. The standard InChI is InChI=1S/C14H30N2/c1-6-10-15-11-8-7-9-12-16(5)14(4)13(2)3/h13,15H,4,6-12H2,1-3,5H3. The maximum absolute atomic E-state index is 4.11. The molecule has 0 spiro atoms. The first-order valence-corrected chi connectivity index (χ1v) is 6.70. The Morgan fingerprint density at radius 2 is 1.88 bits per heavy atom. The van der Waals surface area contributed by atoms with Gasteiger partial charge in [0.25, 0.3) is 0 Å². The molecule has 16 heavy (non-hydrogen) atoms. The summed E-state index contributed by atoms with van der Waals surface area (Å²) in [6.07, 6.45) is 5.11. The van der Waals surface area contributed by atoms with E-state index in [1.54, 1.807) is 0 Å². The molecule has 0 atom stereocenters. The largest absolute Gasteiger partial charge is 0.378 e. The van der Waals surface area contributed by atoms with E-state index >= 15 is 0 Å². The number of unbranched alkanes of at least 4 members (excludes halogenated alkanes) is 2. The Hall–Kier alpha value is -0.500. The fraction of sp³-hybridized carbons (Fsp3) is 0.857. The number of nitrogens with one attached hydrogen (secondary N) is 1. The van der Waals surface area contributed by atoms with E-state index in [-0.39, 0.29) is 0 Å². The highest BCUT2D eigenvalue weighted by Crippen LogP contribution is 2.11. The van der Waals surface area contributed by atoms with Crippen molar-refractivity contribution in [2.45, 2.75) is 46.5 Å². The van der Waals surface area contributed by atoms with E-state index in [1.165, 1.54) is 37.9 Å². The van der Waals surface area contributed by atoms with Gasteiger partial charge in [-0.2, -0.15) is 0 Å². The maximum atomic E-state index is 4.11. The van der Waals surface area contributed by atoms with Gasteiger partial charge in [0, 0.05) is 19.3 Å². The van der Waals surface area contributed by atoms with Crippen molar-refractivity contribution in [2.24, 2.45) is 5.92 Å². The summed E-state index contributed by atoms with van der Waals surface area (Å²) in [5.74, 6) is 0.566. The molecule has 0 radical (unpaired) electrons. The Kier molecular flexibility index (Phi) is 9.40. The smallest absolute Gasteiger partial charge is 0.0171 e. The quantitative estimate of drug-likeness (QED) is 0.575. The Morgan fingerprint density at radius 1 is 1.19 bits per heavy atom. The number of nitrogens with zero attached hydrogens (tertiary/aromatic N) is 1. The zero-order valence-corrected chi connectivity index (χ0v) is 11.7. The van der Waals surface area contributed by atoms with Gasteiger partial charge < -0.3 is 10.2 Å². The highest BCUT2D eigenvalue weighted by atomic mass is 15.1. The molecule has 0 heterocycles. The minimum Gasteiger partial charge on any atom is -0.378 e. The molecule has 0 bridgehead atoms. The lowest BCUT2D eigenvalue weighted by molar-refractivity contribution is 0.363. The van der Waals surface area contributed by atoms with Crippen LogP contribution in [-0.4, -0.2) is 31.6 Å². The topological polar surface area (TPSA) is 15.3 Å². The first kappa shape index (κ1) is 15.5. The van der Waals surface area contributed by atoms with Crippen molar-refractivity contribution in [2.75, 3.05) is 26.7 Å². The molecule has 0 aliphatic carbocycles. The van der Waals surface area contributed by atoms with Crippen LogP contribution in [0.25, 0.3) is 0 Å². The lowest BCUT2D eigenvalue weighted by Gasteiger charge is -2.24. The van der Waals surface area contributed by atoms with E-state index in [9.17, 15) is 0 Å². The summed E-state index contributed by atoms with van der Waals surface area (Å²) in [5.41, 5.74) is 1.25. The SMILES string of the molecule is C=C(C(C)C)N(C)CCCCCNCCC. The third-order valence-corrected chi connectivity index (χ3v) is 2.93. The van der Waals surface area contributed by atoms with Gasteiger partial charge in [-0.15, -0.1) is 0 Å². The molecule has 0 amide bonds. The average molecular weight is 226 g/mol. The predicted molar refractivity (Wildman–Crippen MR) is 73.6 cm³/mol. The molecule has 96 valence electrons. The normalized spacial score (nSPS) is 10.8. The van der Waals surface area contributed by atoms with Crippen molar-refractivity contribution < 1.29 is 0 Å². The zero-order chi connectivity index (χ0) is 12.4. The molecule has 2 nitrogen and oxygen atoms in total. The fourth-order valence-corrected chi connectivity index (χ4v) is 1.66. The summed E-state index contributed by atoms with van der Waals surface area (Å²) < 4.78 is 0. The van der Waals surface area contributed by atoms with E-state index in [2.05, 4.69) is 44.6 Å². The van der Waals surface area contributed by atoms with Gasteiger partial charge in [0.05, 0.1) is 0 Å². The Morgan fingerprint density at radius 3 is 2.44 bits per heavy atom. The van der Waals surface area contributed by atoms with Crippen LogP contribution < -0.4 is 5.32 Å². The van der Waals surface area contributed by atoms with Crippen molar-refractivity contribution in [3.63, 3.8) is 0 Å². The zero-order valence-electron chi connectivity index (χ0n) is 11.7. The lowest BCUT2D eigenvalue weighted by Crippen LogP contribution is -2.22. The second kappa shape index (κ2) is 9.71. The summed E-state index contributed by atoms with van der Waals surface area (Å²) in [5, 5.41) is 3.43. The molecule has 0 aliphatic rings. The molecule has 0 aromatic heterocycles. The molecule has 0 fully saturated rings. The van der Waals surface area contributed by atoms with Gasteiger partial charge in [0.2, 0.25) is 0 Å². The van der Waals surface area contributed by atoms with Gasteiger partial charge >= 0.3 is 0 Å². The van der Waals surface area contributed by atoms with Gasteiger partial charge in [-0.25, -0.2) is 0 Å². The van der Waals surface area contributed by atoms with Crippen molar-refractivity contribution in [3.05, 3.63) is 12.3 Å². The van der Waals surface area contributed by atoms with Crippen LogP contribution in [0.3, 0.4) is 0 Å². The lowest BCUT2D eigenvalue weighted by atomic mass is 10.1. The monoisotopic (exact) mass is 226 g/mol. The van der Waals surface area contributed by atoms with Crippen LogP contribution >= 0.6 is 0 Å². The molecule has 0 aliphatic heterocycles. The third kappa shape index (κ3) is 7.75. The van der Waals surface area contributed by atoms with E-state index in [0.29, 0.717) is 5.92 Å². The van der Waals surface area contributed by atoms with Crippen LogP contribution in [0.15, 0.2) is 12.3 Å². The van der Waals surface area contributed by atoms with Crippen LogP contribution in [0, 0.1) is 5.92 Å². The third-order valence-electron chi connectivity index (χ3n) is 2.93. The van der Waals surface area contributed by atoms with E-state index in [4.69, 9.17) is 0 Å². The Bertz CT molecular complexity index is 176. The summed E-state index contributed by atoms with van der Waals surface area (Å²) in [6, 6.07) is 0. The number of hydrogen-bond acceptors (Lipinski definition) is 2. The Balaban J connectivity index is 3.34. The highest BCUT2D eigenvalue weighted by Gasteiger charge is 2.05. The molecular weight excluding hydrogens is 196 g/mol. The van der Waals surface area contributed by atoms with Crippen LogP contribution in [0.1, 0.15) is 46.5 Å². The molecule has 0 aromatic carbocycles. The van der Waals surface area contributed by atoms with E-state index in [1.807, 2.05) is 0 Å². The molecule has 0 aromatic rings. The fourth-order valence-electron chi connectivity index (χ4n) is 1.66. The molecule has 0 rings (SSSR count). The second-order valence-corrected chi connectivity index (χ2v) is 4.88. The van der Waals surface area contributed by atoms with Crippen LogP contribution in [-0.2, 0) is 0 Å². The first-order valence-electron chi connectivity index (χ1n) is 6.70. The van der Waals surface area contributed by atoms with E-state index in [0.717, 1.165) is 13.1 Å². The van der Waals surface area contributed by atoms with Gasteiger partial charge in [-0.3, -0.25) is 0 Å². The molecular formula is C14H30N2. The van der Waals surface area contributed by atoms with Crippen LogP contribution in [0.4, 0.5) is 0 Å². The van der Waals surface area contributed by atoms with Crippen LogP contribution in [0.2, 0.25) is 0 Å². The van der Waals surface area contributed by atoms with Gasteiger partial charge in [0.15, 0.2) is 0 Å². The maximum Gasteiger partial charge on any atom is 0.0171 e. The van der Waals surface area contributed by atoms with Crippen molar-refractivity contribution >= 4 is 0 Å². The highest BCUT2D eigenvalue weighted by molar-refractivity contribution is 4.95. The molecule has 0 unspecified atom stereocenters. The van der Waals surface area contributed by atoms with E-state index < -0.39 is 0 Å². The molecule has 0 saturated heterocycles. The van der Waals surface area contributed by atoms with Gasteiger partial charge in [-0.05, 0) is 38.3 Å². The number of hydrogen-bond donors (Lipinski definition) is 1. The minimum atomic E-state index is 0.566. The minimum absolute atomic E-state index is 0.566. The Labute approximate surface area is 102 Å². The van der Waals surface area contributed by atoms with Crippen molar-refractivity contribution in [3.8, 4) is 0 Å². The van der Waals surface area contributed by atoms with Gasteiger partial charge in [0.1, 0.15) is 0 Å². The first-order chi connectivity index (χ1) is 7.59. The van der Waals surface area contributed by atoms with Gasteiger partial charge in [-0.1, -0.05) is 33.8 Å². The molecule has 0 saturated carbocycles. The number of allylic oxidation sites excluding steroid dienone is 1. The number of rotatable bonds is 10. The molecule has 1 N–H and O–H groups in total. The summed E-state index contributed by atoms with van der Waals surface area (Å²) in [6.45, 7) is 14.2. The predicted octanol–water partition coefficient (Wildman–Crippen LogP) is 3.26. The van der Waals surface area contributed by atoms with Crippen molar-refractivity contribution in [1.82, 2.24) is 10.2 Å². The van der Waals surface area contributed by atoms with Crippen LogP contribution in [0.5, 0.6) is 0 Å². The molecule has 2 heteroatoms.